The van der Waals surface area contributed by atoms with Gasteiger partial charge in [0.1, 0.15) is 16.6 Å². The van der Waals surface area contributed by atoms with E-state index in [0.717, 1.165) is 6.08 Å². The van der Waals surface area contributed by atoms with Crippen LogP contribution < -0.4 is 0 Å². The second-order valence-electron chi connectivity index (χ2n) is 2.64. The topological polar surface area (TPSA) is 0 Å². The van der Waals surface area contributed by atoms with E-state index in [1.165, 1.54) is 0 Å². The van der Waals surface area contributed by atoms with E-state index in [1.807, 2.05) is 0 Å². The molecule has 6 heteroatoms. The highest BCUT2D eigenvalue weighted by Gasteiger charge is 2.73. The smallest absolute Gasteiger partial charge is 0.235 e. The van der Waals surface area contributed by atoms with Crippen LogP contribution >= 0.6 is 0 Å². The van der Waals surface area contributed by atoms with Gasteiger partial charge in [-0.1, -0.05) is 6.58 Å². The largest absolute Gasteiger partial charge is 0.446 e. The highest BCUT2D eigenvalue weighted by Crippen LogP contribution is 2.45. The Hall–Kier alpha value is -0.260. The van der Waals surface area contributed by atoms with Crippen molar-refractivity contribution >= 4 is 10.9 Å². The van der Waals surface area contributed by atoms with Gasteiger partial charge in [0, 0.05) is 0 Å². The molecule has 0 amide bonds. The Kier molecular flexibility index (Phi) is 2.89. The first-order valence-electron chi connectivity index (χ1n) is 3.53. The van der Waals surface area contributed by atoms with Crippen LogP contribution in [0.4, 0.5) is 22.0 Å². The average molecular weight is 219 g/mol. The van der Waals surface area contributed by atoms with Crippen molar-refractivity contribution < 1.29 is 22.0 Å². The molecule has 0 N–H and O–H groups in total. The first-order valence-corrected chi connectivity index (χ1v) is 4.99. The highest BCUT2D eigenvalue weighted by atomic mass is 32.2. The van der Waals surface area contributed by atoms with Gasteiger partial charge in [0.25, 0.3) is 11.7 Å². The van der Waals surface area contributed by atoms with E-state index in [1.54, 1.807) is 0 Å². The SMILES string of the molecule is C=CC[S+]1C(F)C(F)C(F)C1(F)F. The number of hydrogen-bond donors (Lipinski definition) is 0. The molecule has 1 aliphatic rings. The Balaban J connectivity index is 2.88. The molecule has 0 saturated carbocycles. The maximum absolute atomic E-state index is 12.8. The number of hydrogen-bond acceptors (Lipinski definition) is 0. The first kappa shape index (κ1) is 10.8. The predicted molar refractivity (Wildman–Crippen MR) is 42.1 cm³/mol. The van der Waals surface area contributed by atoms with Crippen molar-refractivity contribution in [1.82, 2.24) is 0 Å². The molecule has 0 bridgehead atoms. The molecule has 1 rings (SSSR count). The lowest BCUT2D eigenvalue weighted by atomic mass is 10.3. The summed E-state index contributed by atoms with van der Waals surface area (Å²) >= 11 is 0. The van der Waals surface area contributed by atoms with Crippen LogP contribution in [0.5, 0.6) is 0 Å². The second-order valence-corrected chi connectivity index (χ2v) is 4.83. The van der Waals surface area contributed by atoms with E-state index in [0.29, 0.717) is 0 Å². The van der Waals surface area contributed by atoms with Crippen molar-refractivity contribution in [3.05, 3.63) is 12.7 Å². The van der Waals surface area contributed by atoms with Gasteiger partial charge in [-0.2, -0.15) is 13.2 Å². The zero-order valence-corrected chi connectivity index (χ0v) is 7.34. The van der Waals surface area contributed by atoms with Crippen molar-refractivity contribution in [3.8, 4) is 0 Å². The van der Waals surface area contributed by atoms with Gasteiger partial charge in [-0.05, 0) is 6.08 Å². The molecule has 13 heavy (non-hydrogen) atoms. The molecule has 1 saturated heterocycles. The van der Waals surface area contributed by atoms with E-state index >= 15 is 0 Å². The lowest BCUT2D eigenvalue weighted by Gasteiger charge is -2.09. The minimum atomic E-state index is -3.90. The van der Waals surface area contributed by atoms with Crippen molar-refractivity contribution in [2.24, 2.45) is 0 Å². The first-order chi connectivity index (χ1) is 5.92. The molecule has 0 spiro atoms. The number of rotatable bonds is 2. The van der Waals surface area contributed by atoms with Gasteiger partial charge in [-0.25, -0.2) is 8.78 Å². The number of alkyl halides is 5. The molecule has 0 nitrogen and oxygen atoms in total. The fraction of sp³-hybridized carbons (Fsp3) is 0.714. The highest BCUT2D eigenvalue weighted by molar-refractivity contribution is 7.98. The molecule has 4 atom stereocenters. The summed E-state index contributed by atoms with van der Waals surface area (Å²) in [7, 11) is -2.21. The molecule has 1 aliphatic heterocycles. The Labute approximate surface area is 75.2 Å². The summed E-state index contributed by atoms with van der Waals surface area (Å²) in [6.45, 7) is 3.14. The summed E-state index contributed by atoms with van der Waals surface area (Å²) in [4.78, 5) is 0. The quantitative estimate of drug-likeness (QED) is 0.380. The number of halogens is 5. The summed E-state index contributed by atoms with van der Waals surface area (Å²) in [5, 5.41) is -3.90. The lowest BCUT2D eigenvalue weighted by Crippen LogP contribution is -2.35. The average Bonchev–Trinajstić information content (AvgIpc) is 2.20. The van der Waals surface area contributed by atoms with Crippen LogP contribution in [0.25, 0.3) is 0 Å². The summed E-state index contributed by atoms with van der Waals surface area (Å²) in [5.74, 6) is -0.394. The molecule has 4 unspecified atom stereocenters. The Bertz CT molecular complexity index is 207. The lowest BCUT2D eigenvalue weighted by molar-refractivity contribution is -0.0165. The molecule has 0 aromatic heterocycles. The van der Waals surface area contributed by atoms with Gasteiger partial charge in [0.2, 0.25) is 6.17 Å². The van der Waals surface area contributed by atoms with Crippen LogP contribution in [-0.2, 0) is 10.9 Å². The molecule has 1 fully saturated rings. The van der Waals surface area contributed by atoms with Crippen molar-refractivity contribution in [2.75, 3.05) is 5.75 Å². The molecule has 0 aromatic rings. The Morgan fingerprint density at radius 2 is 1.85 bits per heavy atom. The van der Waals surface area contributed by atoms with E-state index in [-0.39, 0.29) is 0 Å². The minimum absolute atomic E-state index is 0.394. The minimum Gasteiger partial charge on any atom is -0.235 e. The van der Waals surface area contributed by atoms with Crippen molar-refractivity contribution in [1.29, 1.82) is 0 Å². The van der Waals surface area contributed by atoms with Gasteiger partial charge in [-0.3, -0.25) is 0 Å². The van der Waals surface area contributed by atoms with E-state index in [4.69, 9.17) is 0 Å². The third-order valence-electron chi connectivity index (χ3n) is 1.77. The summed E-state index contributed by atoms with van der Waals surface area (Å²) in [6.07, 6.45) is -4.68. The fourth-order valence-electron chi connectivity index (χ4n) is 1.10. The van der Waals surface area contributed by atoms with E-state index in [9.17, 15) is 22.0 Å². The van der Waals surface area contributed by atoms with Gasteiger partial charge in [-0.15, -0.1) is 0 Å². The molecule has 0 radical (unpaired) electrons. The van der Waals surface area contributed by atoms with E-state index < -0.39 is 39.7 Å². The van der Waals surface area contributed by atoms with Crippen molar-refractivity contribution in [2.45, 2.75) is 23.1 Å². The monoisotopic (exact) mass is 219 g/mol. The van der Waals surface area contributed by atoms with Gasteiger partial charge >= 0.3 is 5.25 Å². The van der Waals surface area contributed by atoms with Crippen LogP contribution in [0.2, 0.25) is 0 Å². The maximum Gasteiger partial charge on any atom is 0.446 e. The molecule has 1 heterocycles. The fourth-order valence-corrected chi connectivity index (χ4v) is 2.93. The standard InChI is InChI=1S/C7H8F5S/c1-2-3-13-6(10)4(8)5(9)7(13,11)12/h2,4-6H,1,3H2/q+1. The molecular formula is C7H8F5S+. The van der Waals surface area contributed by atoms with E-state index in [2.05, 4.69) is 6.58 Å². The van der Waals surface area contributed by atoms with Crippen LogP contribution in [-0.4, -0.2) is 28.9 Å². The molecule has 0 aliphatic carbocycles. The Morgan fingerprint density at radius 1 is 1.31 bits per heavy atom. The third kappa shape index (κ3) is 1.56. The zero-order chi connectivity index (χ0) is 10.2. The normalized spacial score (nSPS) is 43.5. The maximum atomic E-state index is 12.8. The molecule has 76 valence electrons. The van der Waals surface area contributed by atoms with Crippen LogP contribution in [0, 0.1) is 0 Å². The molecular weight excluding hydrogens is 211 g/mol. The van der Waals surface area contributed by atoms with Crippen LogP contribution in [0.1, 0.15) is 0 Å². The van der Waals surface area contributed by atoms with Crippen LogP contribution in [0.3, 0.4) is 0 Å². The predicted octanol–water partition coefficient (Wildman–Crippen LogP) is 2.37. The van der Waals surface area contributed by atoms with Gasteiger partial charge in [0.05, 0.1) is 0 Å². The van der Waals surface area contributed by atoms with Crippen LogP contribution in [0.15, 0.2) is 12.7 Å². The summed E-state index contributed by atoms with van der Waals surface area (Å²) in [5.41, 5.74) is -2.41. The second kappa shape index (κ2) is 3.48. The summed E-state index contributed by atoms with van der Waals surface area (Å²) in [6, 6.07) is 0. The zero-order valence-electron chi connectivity index (χ0n) is 6.52. The third-order valence-corrected chi connectivity index (χ3v) is 4.09. The van der Waals surface area contributed by atoms with Gasteiger partial charge in [0.15, 0.2) is 0 Å². The van der Waals surface area contributed by atoms with Crippen molar-refractivity contribution in [3.63, 3.8) is 0 Å². The Morgan fingerprint density at radius 3 is 2.15 bits per heavy atom. The molecule has 0 aromatic carbocycles. The summed E-state index contributed by atoms with van der Waals surface area (Å²) < 4.78 is 63.4. The van der Waals surface area contributed by atoms with Gasteiger partial charge < -0.3 is 0 Å².